The first-order chi connectivity index (χ1) is 11.8. The summed E-state index contributed by atoms with van der Waals surface area (Å²) in [4.78, 5) is 8.60. The number of sulfonamides is 1. The molecule has 2 heterocycles. The van der Waals surface area contributed by atoms with Crippen LogP contribution in [0.5, 0.6) is 6.01 Å². The Morgan fingerprint density at radius 1 is 1.16 bits per heavy atom. The average molecular weight is 446 g/mol. The van der Waals surface area contributed by atoms with Crippen LogP contribution in [0.15, 0.2) is 26.2 Å². The molecule has 2 aromatic rings. The minimum Gasteiger partial charge on any atom is -0.460 e. The largest absolute Gasteiger partial charge is 0.460 e. The molecule has 1 saturated carbocycles. The molecule has 9 heteroatoms. The highest BCUT2D eigenvalue weighted by molar-refractivity contribution is 9.11. The van der Waals surface area contributed by atoms with Crippen molar-refractivity contribution in [2.45, 2.75) is 55.9 Å². The number of hydrogen-bond donors (Lipinski definition) is 1. The summed E-state index contributed by atoms with van der Waals surface area (Å²) in [7, 11) is -3.45. The van der Waals surface area contributed by atoms with Gasteiger partial charge in [-0.2, -0.15) is 0 Å². The summed E-state index contributed by atoms with van der Waals surface area (Å²) in [6.07, 6.45) is 3.05. The molecule has 0 amide bonds. The lowest BCUT2D eigenvalue weighted by Gasteiger charge is -2.28. The second-order valence-electron chi connectivity index (χ2n) is 6.20. The van der Waals surface area contributed by atoms with Crippen LogP contribution in [0.3, 0.4) is 0 Å². The SMILES string of the molecule is Cc1cc(C)nc(OC2CCC(NS(=O)(=O)c3ccc(Br)s3)CC2)n1. The summed E-state index contributed by atoms with van der Waals surface area (Å²) in [6, 6.07) is 5.61. The smallest absolute Gasteiger partial charge is 0.317 e. The average Bonchev–Trinajstić information content (AvgIpc) is 2.95. The third-order valence-electron chi connectivity index (χ3n) is 4.04. The van der Waals surface area contributed by atoms with Crippen LogP contribution in [-0.2, 0) is 10.0 Å². The second-order valence-corrected chi connectivity index (χ2v) is 10.6. The molecule has 1 fully saturated rings. The predicted molar refractivity (Wildman–Crippen MR) is 101 cm³/mol. The number of halogens is 1. The van der Waals surface area contributed by atoms with Crippen molar-refractivity contribution < 1.29 is 13.2 Å². The van der Waals surface area contributed by atoms with Crippen LogP contribution in [-0.4, -0.2) is 30.5 Å². The molecule has 2 aromatic heterocycles. The number of nitrogens with one attached hydrogen (secondary N) is 1. The highest BCUT2D eigenvalue weighted by Gasteiger charge is 2.27. The standard InChI is InChI=1S/C16H20BrN3O3S2/c1-10-9-11(2)19-16(18-10)23-13-5-3-12(4-6-13)20-25(21,22)15-8-7-14(17)24-15/h7-9,12-13,20H,3-6H2,1-2H3. The van der Waals surface area contributed by atoms with E-state index in [2.05, 4.69) is 30.6 Å². The van der Waals surface area contributed by atoms with E-state index in [0.717, 1.165) is 40.9 Å². The lowest BCUT2D eigenvalue weighted by atomic mass is 9.94. The molecule has 136 valence electrons. The molecular formula is C16H20BrN3O3S2. The zero-order valence-electron chi connectivity index (χ0n) is 14.0. The minimum atomic E-state index is -3.45. The summed E-state index contributed by atoms with van der Waals surface area (Å²) in [5.74, 6) is 0. The molecule has 0 aliphatic heterocycles. The Morgan fingerprint density at radius 2 is 1.80 bits per heavy atom. The topological polar surface area (TPSA) is 81.2 Å². The van der Waals surface area contributed by atoms with Crippen molar-refractivity contribution in [3.8, 4) is 6.01 Å². The number of ether oxygens (including phenoxy) is 1. The summed E-state index contributed by atoms with van der Waals surface area (Å²) in [5, 5.41) is 0. The molecule has 1 aliphatic rings. The highest BCUT2D eigenvalue weighted by Crippen LogP contribution is 2.28. The van der Waals surface area contributed by atoms with Gasteiger partial charge in [0.25, 0.3) is 0 Å². The predicted octanol–water partition coefficient (Wildman–Crippen LogP) is 3.59. The van der Waals surface area contributed by atoms with Crippen LogP contribution >= 0.6 is 27.3 Å². The number of rotatable bonds is 5. The molecule has 1 N–H and O–H groups in total. The number of nitrogens with zero attached hydrogens (tertiary/aromatic N) is 2. The van der Waals surface area contributed by atoms with E-state index < -0.39 is 10.0 Å². The lowest BCUT2D eigenvalue weighted by molar-refractivity contribution is 0.131. The van der Waals surface area contributed by atoms with E-state index in [0.29, 0.717) is 10.2 Å². The van der Waals surface area contributed by atoms with E-state index in [-0.39, 0.29) is 12.1 Å². The number of hydrogen-bond acceptors (Lipinski definition) is 6. The fourth-order valence-electron chi connectivity index (χ4n) is 2.91. The zero-order chi connectivity index (χ0) is 18.0. The van der Waals surface area contributed by atoms with Crippen molar-refractivity contribution in [3.63, 3.8) is 0 Å². The van der Waals surface area contributed by atoms with E-state index in [9.17, 15) is 8.42 Å². The maximum Gasteiger partial charge on any atom is 0.317 e. The fraction of sp³-hybridized carbons (Fsp3) is 0.500. The van der Waals surface area contributed by atoms with Crippen LogP contribution in [0, 0.1) is 13.8 Å². The van der Waals surface area contributed by atoms with E-state index >= 15 is 0 Å². The van der Waals surface area contributed by atoms with Gasteiger partial charge in [-0.05, 0) is 73.7 Å². The first-order valence-electron chi connectivity index (χ1n) is 8.08. The molecular weight excluding hydrogens is 426 g/mol. The molecule has 0 unspecified atom stereocenters. The molecule has 0 radical (unpaired) electrons. The monoisotopic (exact) mass is 445 g/mol. The quantitative estimate of drug-likeness (QED) is 0.760. The van der Waals surface area contributed by atoms with Crippen molar-refractivity contribution in [1.82, 2.24) is 14.7 Å². The van der Waals surface area contributed by atoms with Crippen LogP contribution < -0.4 is 9.46 Å². The van der Waals surface area contributed by atoms with Gasteiger partial charge >= 0.3 is 6.01 Å². The van der Waals surface area contributed by atoms with Gasteiger partial charge in [-0.1, -0.05) is 0 Å². The number of thiophene rings is 1. The van der Waals surface area contributed by atoms with Crippen LogP contribution in [0.1, 0.15) is 37.1 Å². The molecule has 6 nitrogen and oxygen atoms in total. The highest BCUT2D eigenvalue weighted by atomic mass is 79.9. The van der Waals surface area contributed by atoms with Crippen molar-refractivity contribution in [1.29, 1.82) is 0 Å². The van der Waals surface area contributed by atoms with Crippen LogP contribution in [0.2, 0.25) is 0 Å². The molecule has 0 atom stereocenters. The third-order valence-corrected chi connectivity index (χ3v) is 7.68. The van der Waals surface area contributed by atoms with Gasteiger partial charge in [0.1, 0.15) is 10.3 Å². The van der Waals surface area contributed by atoms with Crippen molar-refractivity contribution >= 4 is 37.3 Å². The van der Waals surface area contributed by atoms with Gasteiger partial charge in [0, 0.05) is 17.4 Å². The van der Waals surface area contributed by atoms with Gasteiger partial charge in [-0.15, -0.1) is 11.3 Å². The van der Waals surface area contributed by atoms with Gasteiger partial charge in [0.05, 0.1) is 3.79 Å². The van der Waals surface area contributed by atoms with Crippen molar-refractivity contribution in [2.75, 3.05) is 0 Å². The number of aryl methyl sites for hydroxylation is 2. The minimum absolute atomic E-state index is 0.0258. The Balaban J connectivity index is 1.55. The van der Waals surface area contributed by atoms with Gasteiger partial charge in [0.15, 0.2) is 0 Å². The van der Waals surface area contributed by atoms with Crippen molar-refractivity contribution in [2.24, 2.45) is 0 Å². The first kappa shape index (κ1) is 18.8. The van der Waals surface area contributed by atoms with Gasteiger partial charge in [-0.25, -0.2) is 23.1 Å². The van der Waals surface area contributed by atoms with Gasteiger partial charge in [-0.3, -0.25) is 0 Å². The summed E-state index contributed by atoms with van der Waals surface area (Å²) < 4.78 is 34.6. The van der Waals surface area contributed by atoms with E-state index in [1.54, 1.807) is 12.1 Å². The van der Waals surface area contributed by atoms with Gasteiger partial charge < -0.3 is 4.74 Å². The van der Waals surface area contributed by atoms with E-state index in [4.69, 9.17) is 4.74 Å². The summed E-state index contributed by atoms with van der Waals surface area (Å²) >= 11 is 4.51. The second kappa shape index (κ2) is 7.69. The normalized spacial score (nSPS) is 21.2. The molecule has 0 saturated heterocycles. The maximum atomic E-state index is 12.4. The number of aromatic nitrogens is 2. The Hall–Kier alpha value is -1.03. The lowest BCUT2D eigenvalue weighted by Crippen LogP contribution is -2.39. The Labute approximate surface area is 160 Å². The molecule has 0 aromatic carbocycles. The van der Waals surface area contributed by atoms with Crippen LogP contribution in [0.25, 0.3) is 0 Å². The Morgan fingerprint density at radius 3 is 2.36 bits per heavy atom. The van der Waals surface area contributed by atoms with Crippen LogP contribution in [0.4, 0.5) is 0 Å². The zero-order valence-corrected chi connectivity index (χ0v) is 17.2. The Kier molecular flexibility index (Phi) is 5.77. The fourth-order valence-corrected chi connectivity index (χ4v) is 6.25. The van der Waals surface area contributed by atoms with Crippen molar-refractivity contribution in [3.05, 3.63) is 33.4 Å². The summed E-state index contributed by atoms with van der Waals surface area (Å²) in [5.41, 5.74) is 1.76. The molecule has 3 rings (SSSR count). The summed E-state index contributed by atoms with van der Waals surface area (Å²) in [6.45, 7) is 3.83. The first-order valence-corrected chi connectivity index (χ1v) is 11.2. The van der Waals surface area contributed by atoms with Gasteiger partial charge in [0.2, 0.25) is 10.0 Å². The molecule has 0 spiro atoms. The van der Waals surface area contributed by atoms with E-state index in [1.807, 2.05) is 19.9 Å². The molecule has 25 heavy (non-hydrogen) atoms. The molecule has 1 aliphatic carbocycles. The Bertz CT molecular complexity index is 826. The maximum absolute atomic E-state index is 12.4. The third kappa shape index (κ3) is 4.99. The molecule has 0 bridgehead atoms. The van der Waals surface area contributed by atoms with E-state index in [1.165, 1.54) is 11.3 Å².